The molecule has 1 saturated heterocycles. The van der Waals surface area contributed by atoms with Gasteiger partial charge in [0.2, 0.25) is 0 Å². The molecule has 3 heterocycles. The third-order valence-corrected chi connectivity index (χ3v) is 7.22. The molecule has 0 saturated carbocycles. The van der Waals surface area contributed by atoms with Crippen LogP contribution in [0.3, 0.4) is 0 Å². The molecule has 3 aromatic carbocycles. The summed E-state index contributed by atoms with van der Waals surface area (Å²) < 4.78 is 8.82. The molecule has 2 aliphatic rings. The Morgan fingerprint density at radius 3 is 2.61 bits per heavy atom. The second kappa shape index (κ2) is 7.28. The Balaban J connectivity index is 1.56. The van der Waals surface area contributed by atoms with Crippen LogP contribution in [-0.4, -0.2) is 29.1 Å². The molecular weight excluding hydrogens is 380 g/mol. The second-order valence-electron chi connectivity index (χ2n) is 9.09. The van der Waals surface area contributed by atoms with Gasteiger partial charge in [-0.05, 0) is 69.1 Å². The lowest BCUT2D eigenvalue weighted by Gasteiger charge is -2.31. The Bertz CT molecular complexity index is 1270. The fourth-order valence-corrected chi connectivity index (χ4v) is 5.60. The Kier molecular flexibility index (Phi) is 4.39. The lowest BCUT2D eigenvalue weighted by molar-refractivity contribution is 0.309. The fraction of sp³-hybridized carbons (Fsp3) is 0.286. The topological polar surface area (TPSA) is 17.4 Å². The van der Waals surface area contributed by atoms with Crippen LogP contribution >= 0.6 is 0 Å². The number of hydrogen-bond donors (Lipinski definition) is 0. The van der Waals surface area contributed by atoms with Gasteiger partial charge in [0.25, 0.3) is 0 Å². The number of hydrogen-bond acceptors (Lipinski definition) is 2. The van der Waals surface area contributed by atoms with Crippen LogP contribution in [0, 0.1) is 6.92 Å². The van der Waals surface area contributed by atoms with Crippen molar-refractivity contribution in [3.8, 4) is 11.5 Å². The van der Waals surface area contributed by atoms with Crippen molar-refractivity contribution >= 4 is 10.9 Å². The average molecular weight is 409 g/mol. The van der Waals surface area contributed by atoms with E-state index in [1.807, 2.05) is 0 Å². The highest BCUT2D eigenvalue weighted by Crippen LogP contribution is 2.47. The summed E-state index contributed by atoms with van der Waals surface area (Å²) in [5, 5.41) is 1.38. The molecule has 0 radical (unpaired) electrons. The van der Waals surface area contributed by atoms with Gasteiger partial charge >= 0.3 is 0 Å². The highest BCUT2D eigenvalue weighted by molar-refractivity contribution is 5.85. The zero-order valence-corrected chi connectivity index (χ0v) is 18.2. The monoisotopic (exact) mass is 408 g/mol. The summed E-state index contributed by atoms with van der Waals surface area (Å²) in [6.45, 7) is 3.41. The summed E-state index contributed by atoms with van der Waals surface area (Å²) >= 11 is 0. The summed E-state index contributed by atoms with van der Waals surface area (Å²) in [6, 6.07) is 24.5. The maximum absolute atomic E-state index is 6.33. The number of benzene rings is 3. The third-order valence-electron chi connectivity index (χ3n) is 7.22. The highest BCUT2D eigenvalue weighted by atomic mass is 16.5. The van der Waals surface area contributed by atoms with E-state index < -0.39 is 0 Å². The molecule has 2 atom stereocenters. The molecule has 6 rings (SSSR count). The minimum Gasteiger partial charge on any atom is -0.457 e. The number of aryl methyl sites for hydroxylation is 1. The van der Waals surface area contributed by atoms with Gasteiger partial charge in [0, 0.05) is 34.3 Å². The Hall–Kier alpha value is -3.04. The smallest absolute Gasteiger partial charge is 0.133 e. The van der Waals surface area contributed by atoms with Crippen LogP contribution in [-0.2, 0) is 6.42 Å². The molecule has 0 bridgehead atoms. The number of aromatic nitrogens is 1. The number of rotatable bonds is 3. The molecule has 0 N–H and O–H groups in total. The van der Waals surface area contributed by atoms with Crippen molar-refractivity contribution in [3.05, 3.63) is 95.2 Å². The first kappa shape index (κ1) is 18.7. The van der Waals surface area contributed by atoms with Crippen molar-refractivity contribution < 1.29 is 4.74 Å². The van der Waals surface area contributed by atoms with Gasteiger partial charge in [-0.1, -0.05) is 48.5 Å². The lowest BCUT2D eigenvalue weighted by Crippen LogP contribution is -2.26. The molecule has 0 aliphatic carbocycles. The van der Waals surface area contributed by atoms with E-state index >= 15 is 0 Å². The molecule has 0 spiro atoms. The van der Waals surface area contributed by atoms with Gasteiger partial charge in [0.05, 0.1) is 6.04 Å². The van der Waals surface area contributed by atoms with Crippen LogP contribution in [0.2, 0.25) is 0 Å². The minimum absolute atomic E-state index is 0.112. The van der Waals surface area contributed by atoms with E-state index in [1.54, 1.807) is 0 Å². The predicted octanol–water partition coefficient (Wildman–Crippen LogP) is 6.33. The zero-order valence-electron chi connectivity index (χ0n) is 18.2. The third kappa shape index (κ3) is 2.99. The molecule has 2 aliphatic heterocycles. The number of para-hydroxylation sites is 2. The fourth-order valence-electron chi connectivity index (χ4n) is 5.60. The summed E-state index contributed by atoms with van der Waals surface area (Å²) in [5.41, 5.74) is 6.52. The summed E-state index contributed by atoms with van der Waals surface area (Å²) in [5.74, 6) is 1.93. The molecule has 31 heavy (non-hydrogen) atoms. The number of ether oxygens (including phenoxy) is 1. The van der Waals surface area contributed by atoms with Gasteiger partial charge in [-0.3, -0.25) is 0 Å². The van der Waals surface area contributed by atoms with Crippen molar-refractivity contribution in [2.24, 2.45) is 0 Å². The Morgan fingerprint density at radius 1 is 0.935 bits per heavy atom. The van der Waals surface area contributed by atoms with Gasteiger partial charge in [0.1, 0.15) is 11.5 Å². The van der Waals surface area contributed by atoms with Crippen LogP contribution < -0.4 is 4.74 Å². The van der Waals surface area contributed by atoms with E-state index in [2.05, 4.69) is 96.4 Å². The maximum Gasteiger partial charge on any atom is 0.133 e. The van der Waals surface area contributed by atoms with Crippen molar-refractivity contribution in [2.75, 3.05) is 13.6 Å². The zero-order chi connectivity index (χ0) is 20.9. The average Bonchev–Trinajstić information content (AvgIpc) is 3.36. The first-order valence-electron chi connectivity index (χ1n) is 11.4. The first-order chi connectivity index (χ1) is 15.2. The van der Waals surface area contributed by atoms with Gasteiger partial charge in [-0.15, -0.1) is 0 Å². The molecule has 1 aromatic heterocycles. The minimum atomic E-state index is 0.112. The molecule has 1 fully saturated rings. The molecular formula is C28H28N2O. The normalized spacial score (nSPS) is 20.5. The van der Waals surface area contributed by atoms with E-state index in [1.165, 1.54) is 52.5 Å². The lowest BCUT2D eigenvalue weighted by atomic mass is 9.91. The number of fused-ring (bicyclic) bond motifs is 3. The van der Waals surface area contributed by atoms with Crippen LogP contribution in [0.5, 0.6) is 11.5 Å². The number of likely N-dealkylation sites (N-methyl/N-ethyl adjacent to an activating group) is 1. The number of likely N-dealkylation sites (tertiary alicyclic amines) is 1. The van der Waals surface area contributed by atoms with Gasteiger partial charge in [-0.25, -0.2) is 0 Å². The Morgan fingerprint density at radius 2 is 1.74 bits per heavy atom. The van der Waals surface area contributed by atoms with Crippen LogP contribution in [0.4, 0.5) is 0 Å². The largest absolute Gasteiger partial charge is 0.457 e. The van der Waals surface area contributed by atoms with E-state index in [0.717, 1.165) is 17.9 Å². The number of nitrogens with zero attached hydrogens (tertiary/aromatic N) is 2. The quantitative estimate of drug-likeness (QED) is 0.347. The summed E-state index contributed by atoms with van der Waals surface area (Å²) in [7, 11) is 2.27. The molecule has 3 nitrogen and oxygen atoms in total. The molecule has 3 heteroatoms. The van der Waals surface area contributed by atoms with Gasteiger partial charge < -0.3 is 14.2 Å². The van der Waals surface area contributed by atoms with Crippen molar-refractivity contribution in [2.45, 2.75) is 38.3 Å². The molecule has 1 unspecified atom stereocenters. The standard InChI is InChI=1S/C28H28N2O/c1-19-9-7-15-26-27(19)28(23-12-4-6-14-25(23)31-26)30-18-20(17-21-10-8-16-29(21)2)22-11-3-5-13-24(22)30/h3-7,9,11-15,18,21,28H,8,10,16-17H2,1-2H3/t21?,28-/m0/s1. The second-order valence-corrected chi connectivity index (χ2v) is 9.09. The SMILES string of the molecule is Cc1cccc2c1[C@@H](n1cc(CC3CCCN3C)c3ccccc31)c1ccccc1O2. The molecule has 4 aromatic rings. The Labute approximate surface area is 183 Å². The summed E-state index contributed by atoms with van der Waals surface area (Å²) in [4.78, 5) is 2.52. The van der Waals surface area contributed by atoms with Gasteiger partial charge in [-0.2, -0.15) is 0 Å². The van der Waals surface area contributed by atoms with Crippen molar-refractivity contribution in [1.29, 1.82) is 0 Å². The van der Waals surface area contributed by atoms with Crippen LogP contribution in [0.25, 0.3) is 10.9 Å². The van der Waals surface area contributed by atoms with Crippen molar-refractivity contribution in [3.63, 3.8) is 0 Å². The summed E-state index contributed by atoms with van der Waals surface area (Å²) in [6.07, 6.45) is 6.12. The molecule has 0 amide bonds. The van der Waals surface area contributed by atoms with E-state index in [0.29, 0.717) is 6.04 Å². The first-order valence-corrected chi connectivity index (χ1v) is 11.4. The van der Waals surface area contributed by atoms with E-state index in [4.69, 9.17) is 4.74 Å². The van der Waals surface area contributed by atoms with E-state index in [9.17, 15) is 0 Å². The van der Waals surface area contributed by atoms with E-state index in [-0.39, 0.29) is 6.04 Å². The highest BCUT2D eigenvalue weighted by Gasteiger charge is 2.31. The molecule has 156 valence electrons. The maximum atomic E-state index is 6.33. The predicted molar refractivity (Wildman–Crippen MR) is 126 cm³/mol. The van der Waals surface area contributed by atoms with Crippen molar-refractivity contribution in [1.82, 2.24) is 9.47 Å². The van der Waals surface area contributed by atoms with Crippen LogP contribution in [0.1, 0.15) is 41.1 Å². The van der Waals surface area contributed by atoms with Gasteiger partial charge in [0.15, 0.2) is 0 Å². The van der Waals surface area contributed by atoms with Crippen LogP contribution in [0.15, 0.2) is 72.9 Å².